The molecule has 4 aromatic rings. The van der Waals surface area contributed by atoms with Crippen molar-refractivity contribution >= 4 is 40.6 Å². The van der Waals surface area contributed by atoms with E-state index in [2.05, 4.69) is 31.4 Å². The van der Waals surface area contributed by atoms with Crippen LogP contribution in [0.25, 0.3) is 0 Å². The number of carbonyl (C=O) groups excluding carboxylic acids is 3. The van der Waals surface area contributed by atoms with Crippen LogP contribution in [0.4, 0.5) is 16.2 Å². The Labute approximate surface area is 225 Å². The molecule has 0 unspecified atom stereocenters. The first-order chi connectivity index (χ1) is 18.1. The third-order valence-corrected chi connectivity index (χ3v) is 6.59. The van der Waals surface area contributed by atoms with Crippen LogP contribution >= 0.6 is 11.6 Å². The van der Waals surface area contributed by atoms with E-state index < -0.39 is 6.03 Å². The number of fused-ring (bicyclic) bond motifs is 2. The maximum Gasteiger partial charge on any atom is 0.323 e. The van der Waals surface area contributed by atoms with Crippen molar-refractivity contribution in [1.82, 2.24) is 0 Å². The molecule has 0 aromatic heterocycles. The summed E-state index contributed by atoms with van der Waals surface area (Å²) in [5.74, 6) is 0.0457. The summed E-state index contributed by atoms with van der Waals surface area (Å²) >= 11 is 5.92. The monoisotopic (exact) mass is 524 g/mol. The molecular weight excluding hydrogens is 500 g/mol. The molecule has 38 heavy (non-hydrogen) atoms. The smallest absolute Gasteiger partial charge is 0.323 e. The maximum atomic E-state index is 13.6. The van der Waals surface area contributed by atoms with Gasteiger partial charge in [-0.3, -0.25) is 9.59 Å². The van der Waals surface area contributed by atoms with Crippen LogP contribution in [0.2, 0.25) is 5.02 Å². The first-order valence-corrected chi connectivity index (χ1v) is 12.5. The van der Waals surface area contributed by atoms with E-state index in [1.54, 1.807) is 60.7 Å². The quantitative estimate of drug-likeness (QED) is 0.251. The van der Waals surface area contributed by atoms with E-state index in [0.717, 1.165) is 5.56 Å². The van der Waals surface area contributed by atoms with Crippen molar-refractivity contribution in [2.75, 3.05) is 10.6 Å². The Morgan fingerprint density at radius 1 is 0.737 bits per heavy atom. The van der Waals surface area contributed by atoms with Crippen molar-refractivity contribution in [2.45, 2.75) is 26.2 Å². The number of urea groups is 1. The van der Waals surface area contributed by atoms with Crippen LogP contribution in [-0.4, -0.2) is 17.6 Å². The molecule has 1 aliphatic carbocycles. The van der Waals surface area contributed by atoms with Crippen molar-refractivity contribution < 1.29 is 19.1 Å². The summed E-state index contributed by atoms with van der Waals surface area (Å²) in [6, 6.07) is 23.5. The SMILES string of the molecule is CC(C)(C)c1ccc(Oc2ccc(NC(=O)Nc3ccc(Cl)cc3)c3c2C(=O)c2ccccc2C3=O)cc1. The van der Waals surface area contributed by atoms with Crippen LogP contribution in [-0.2, 0) is 5.41 Å². The van der Waals surface area contributed by atoms with E-state index in [4.69, 9.17) is 16.3 Å². The molecule has 2 amide bonds. The summed E-state index contributed by atoms with van der Waals surface area (Å²) in [7, 11) is 0. The molecule has 6 nitrogen and oxygen atoms in total. The number of halogens is 1. The van der Waals surface area contributed by atoms with Gasteiger partial charge in [-0.2, -0.15) is 0 Å². The lowest BCUT2D eigenvalue weighted by molar-refractivity contribution is 0.0977. The van der Waals surface area contributed by atoms with E-state index in [1.165, 1.54) is 0 Å². The van der Waals surface area contributed by atoms with Gasteiger partial charge in [0.1, 0.15) is 11.5 Å². The van der Waals surface area contributed by atoms with Gasteiger partial charge in [0.15, 0.2) is 11.6 Å². The molecular formula is C31H25ClN2O4. The molecule has 0 aliphatic heterocycles. The zero-order chi connectivity index (χ0) is 27.0. The largest absolute Gasteiger partial charge is 0.457 e. The number of hydrogen-bond acceptors (Lipinski definition) is 4. The Kier molecular flexibility index (Phi) is 6.51. The minimum absolute atomic E-state index is 0.0241. The highest BCUT2D eigenvalue weighted by molar-refractivity contribution is 6.32. The van der Waals surface area contributed by atoms with E-state index in [9.17, 15) is 14.4 Å². The van der Waals surface area contributed by atoms with Crippen molar-refractivity contribution in [2.24, 2.45) is 0 Å². The maximum absolute atomic E-state index is 13.6. The summed E-state index contributed by atoms with van der Waals surface area (Å²) in [5.41, 5.74) is 2.60. The predicted octanol–water partition coefficient (Wildman–Crippen LogP) is 7.85. The van der Waals surface area contributed by atoms with Gasteiger partial charge in [-0.1, -0.05) is 68.8 Å². The summed E-state index contributed by atoms with van der Waals surface area (Å²) in [6.07, 6.45) is 0. The predicted molar refractivity (Wildman–Crippen MR) is 149 cm³/mol. The number of amides is 2. The minimum atomic E-state index is -0.569. The third kappa shape index (κ3) is 4.91. The molecule has 2 N–H and O–H groups in total. The van der Waals surface area contributed by atoms with Crippen molar-refractivity contribution in [3.63, 3.8) is 0 Å². The molecule has 0 bridgehead atoms. The molecule has 0 atom stereocenters. The Hall–Kier alpha value is -4.42. The molecule has 7 heteroatoms. The first kappa shape index (κ1) is 25.2. The van der Waals surface area contributed by atoms with E-state index in [-0.39, 0.29) is 45.1 Å². The summed E-state index contributed by atoms with van der Waals surface area (Å²) in [4.78, 5) is 40.0. The number of rotatable bonds is 4. The van der Waals surface area contributed by atoms with Crippen LogP contribution in [0.5, 0.6) is 11.5 Å². The van der Waals surface area contributed by atoms with Gasteiger partial charge in [-0.05, 0) is 59.5 Å². The molecule has 190 valence electrons. The van der Waals surface area contributed by atoms with Gasteiger partial charge in [0.05, 0.1) is 16.8 Å². The second-order valence-corrected chi connectivity index (χ2v) is 10.5. The highest BCUT2D eigenvalue weighted by Crippen LogP contribution is 2.39. The van der Waals surface area contributed by atoms with Gasteiger partial charge in [0.25, 0.3) is 0 Å². The van der Waals surface area contributed by atoms with E-state index in [1.807, 2.05) is 24.3 Å². The van der Waals surface area contributed by atoms with Gasteiger partial charge >= 0.3 is 6.03 Å². The van der Waals surface area contributed by atoms with Gasteiger partial charge in [-0.15, -0.1) is 0 Å². The highest BCUT2D eigenvalue weighted by Gasteiger charge is 2.35. The summed E-state index contributed by atoms with van der Waals surface area (Å²) in [5, 5.41) is 5.96. The lowest BCUT2D eigenvalue weighted by atomic mass is 9.82. The molecule has 0 saturated heterocycles. The van der Waals surface area contributed by atoms with Gasteiger partial charge in [-0.25, -0.2) is 4.79 Å². The lowest BCUT2D eigenvalue weighted by Gasteiger charge is -2.23. The number of nitrogens with one attached hydrogen (secondary N) is 2. The van der Waals surface area contributed by atoms with Gasteiger partial charge < -0.3 is 15.4 Å². The Balaban J connectivity index is 1.53. The highest BCUT2D eigenvalue weighted by atomic mass is 35.5. The number of ketones is 2. The molecule has 1 aliphatic rings. The Morgan fingerprint density at radius 2 is 1.34 bits per heavy atom. The van der Waals surface area contributed by atoms with Crippen molar-refractivity contribution in [1.29, 1.82) is 0 Å². The number of hydrogen-bond donors (Lipinski definition) is 2. The van der Waals surface area contributed by atoms with E-state index in [0.29, 0.717) is 22.0 Å². The zero-order valence-electron chi connectivity index (χ0n) is 21.1. The van der Waals surface area contributed by atoms with Crippen LogP contribution in [0, 0.1) is 0 Å². The minimum Gasteiger partial charge on any atom is -0.457 e. The van der Waals surface area contributed by atoms with Gasteiger partial charge in [0.2, 0.25) is 0 Å². The zero-order valence-corrected chi connectivity index (χ0v) is 21.8. The average Bonchev–Trinajstić information content (AvgIpc) is 2.89. The van der Waals surface area contributed by atoms with Crippen LogP contribution in [0.15, 0.2) is 84.9 Å². The molecule has 5 rings (SSSR count). The molecule has 0 spiro atoms. The Morgan fingerprint density at radius 3 is 1.95 bits per heavy atom. The standard InChI is InChI=1S/C31H25ClN2O4/c1-31(2,3)18-8-14-21(15-9-18)38-25-17-16-24(34-30(37)33-20-12-10-19(32)11-13-20)26-27(25)29(36)23-7-5-4-6-22(23)28(26)35/h4-17H,1-3H3,(H2,33,34,37). The molecule has 0 radical (unpaired) electrons. The van der Waals surface area contributed by atoms with Gasteiger partial charge in [0, 0.05) is 21.8 Å². The summed E-state index contributed by atoms with van der Waals surface area (Å²) < 4.78 is 6.13. The second kappa shape index (κ2) is 9.80. The normalized spacial score (nSPS) is 12.4. The molecule has 0 saturated carbocycles. The number of anilines is 2. The molecule has 4 aromatic carbocycles. The average molecular weight is 525 g/mol. The van der Waals surface area contributed by atoms with Crippen LogP contribution < -0.4 is 15.4 Å². The van der Waals surface area contributed by atoms with Crippen LogP contribution in [0.3, 0.4) is 0 Å². The summed E-state index contributed by atoms with van der Waals surface area (Å²) in [6.45, 7) is 6.36. The van der Waals surface area contributed by atoms with E-state index >= 15 is 0 Å². The Bertz CT molecular complexity index is 1570. The fourth-order valence-electron chi connectivity index (χ4n) is 4.35. The molecule has 0 fully saturated rings. The number of carbonyl (C=O) groups is 3. The number of ether oxygens (including phenoxy) is 1. The fraction of sp³-hybridized carbons (Fsp3) is 0.129. The fourth-order valence-corrected chi connectivity index (χ4v) is 4.48. The van der Waals surface area contributed by atoms with Crippen molar-refractivity contribution in [3.05, 3.63) is 118 Å². The first-order valence-electron chi connectivity index (χ1n) is 12.1. The lowest BCUT2D eigenvalue weighted by Crippen LogP contribution is -2.26. The third-order valence-electron chi connectivity index (χ3n) is 6.34. The second-order valence-electron chi connectivity index (χ2n) is 10.0. The van der Waals surface area contributed by atoms with Crippen LogP contribution in [0.1, 0.15) is 58.2 Å². The van der Waals surface area contributed by atoms with Crippen molar-refractivity contribution in [3.8, 4) is 11.5 Å². The molecule has 0 heterocycles. The topological polar surface area (TPSA) is 84.5 Å². The number of benzene rings is 4.